The minimum atomic E-state index is -0.679. The molecule has 0 radical (unpaired) electrons. The summed E-state index contributed by atoms with van der Waals surface area (Å²) < 4.78 is 0. The van der Waals surface area contributed by atoms with Crippen molar-refractivity contribution in [1.29, 1.82) is 0 Å². The number of Topliss-reactive ketones (excluding diaryl/α,β-unsaturated/α-hetero) is 1. The molecular weight excluding hydrogens is 224 g/mol. The minimum Gasteiger partial charge on any atom is -0.392 e. The van der Waals surface area contributed by atoms with Crippen molar-refractivity contribution < 1.29 is 9.90 Å². The Kier molecular flexibility index (Phi) is 4.18. The first-order valence-electron chi connectivity index (χ1n) is 6.95. The molecule has 1 saturated carbocycles. The molecule has 1 aliphatic rings. The van der Waals surface area contributed by atoms with Crippen molar-refractivity contribution in [2.75, 3.05) is 0 Å². The molecule has 0 bridgehead atoms. The van der Waals surface area contributed by atoms with E-state index in [4.69, 9.17) is 0 Å². The monoisotopic (exact) mass is 246 g/mol. The van der Waals surface area contributed by atoms with Crippen molar-refractivity contribution in [3.05, 3.63) is 35.9 Å². The van der Waals surface area contributed by atoms with E-state index >= 15 is 0 Å². The van der Waals surface area contributed by atoms with E-state index in [2.05, 4.69) is 0 Å². The van der Waals surface area contributed by atoms with Gasteiger partial charge in [-0.05, 0) is 25.3 Å². The van der Waals surface area contributed by atoms with Crippen LogP contribution < -0.4 is 0 Å². The lowest BCUT2D eigenvalue weighted by molar-refractivity contribution is -0.129. The maximum Gasteiger partial charge on any atom is 0.145 e. The number of rotatable bonds is 2. The predicted octanol–water partition coefficient (Wildman–Crippen LogP) is 3.23. The minimum absolute atomic E-state index is 0.211. The Bertz CT molecular complexity index is 397. The summed E-state index contributed by atoms with van der Waals surface area (Å²) in [7, 11) is 0. The largest absolute Gasteiger partial charge is 0.392 e. The normalized spacial score (nSPS) is 27.3. The fourth-order valence-corrected chi connectivity index (χ4v) is 3.13. The van der Waals surface area contributed by atoms with Gasteiger partial charge in [0, 0.05) is 6.42 Å². The molecule has 0 heterocycles. The van der Waals surface area contributed by atoms with Crippen LogP contribution in [-0.2, 0) is 10.2 Å². The number of ketones is 1. The lowest BCUT2D eigenvalue weighted by Crippen LogP contribution is -2.45. The highest BCUT2D eigenvalue weighted by atomic mass is 16.3. The van der Waals surface area contributed by atoms with E-state index in [-0.39, 0.29) is 5.78 Å². The summed E-state index contributed by atoms with van der Waals surface area (Å²) >= 11 is 0. The van der Waals surface area contributed by atoms with Gasteiger partial charge in [0.2, 0.25) is 0 Å². The van der Waals surface area contributed by atoms with Crippen molar-refractivity contribution in [2.45, 2.75) is 57.0 Å². The maximum atomic E-state index is 12.6. The average Bonchev–Trinajstić information content (AvgIpc) is 2.35. The van der Waals surface area contributed by atoms with Gasteiger partial charge >= 0.3 is 0 Å². The number of aliphatic hydroxyl groups is 1. The second kappa shape index (κ2) is 5.66. The van der Waals surface area contributed by atoms with Gasteiger partial charge in [-0.2, -0.15) is 0 Å². The molecule has 0 unspecified atom stereocenters. The highest BCUT2D eigenvalue weighted by Gasteiger charge is 2.43. The number of carbonyl (C=O) groups excluding carboxylic acids is 1. The molecular formula is C16H22O2. The maximum absolute atomic E-state index is 12.6. The molecule has 2 rings (SSSR count). The summed E-state index contributed by atoms with van der Waals surface area (Å²) in [5, 5.41) is 10.2. The van der Waals surface area contributed by atoms with Gasteiger partial charge in [0.15, 0.2) is 0 Å². The summed E-state index contributed by atoms with van der Waals surface area (Å²) in [5.74, 6) is 0.211. The third kappa shape index (κ3) is 2.35. The summed E-state index contributed by atoms with van der Waals surface area (Å²) in [6.07, 6.45) is 5.02. The Morgan fingerprint density at radius 1 is 1.11 bits per heavy atom. The van der Waals surface area contributed by atoms with E-state index in [0.29, 0.717) is 6.42 Å². The number of hydrogen-bond donors (Lipinski definition) is 1. The lowest BCUT2D eigenvalue weighted by atomic mass is 9.67. The van der Waals surface area contributed by atoms with Gasteiger partial charge in [-0.15, -0.1) is 0 Å². The number of hydrogen-bond acceptors (Lipinski definition) is 2. The van der Waals surface area contributed by atoms with E-state index in [0.717, 1.165) is 37.7 Å². The molecule has 1 aromatic carbocycles. The molecule has 2 atom stereocenters. The van der Waals surface area contributed by atoms with E-state index < -0.39 is 11.5 Å². The Balaban J connectivity index is 2.43. The summed E-state index contributed by atoms with van der Waals surface area (Å²) in [5.41, 5.74) is 0.300. The van der Waals surface area contributed by atoms with Crippen molar-refractivity contribution in [2.24, 2.45) is 0 Å². The zero-order valence-electron chi connectivity index (χ0n) is 11.1. The standard InChI is InChI=1S/C16H22O2/c1-13(17)16(14-9-5-4-6-10-14)12-8-3-2-7-11-15(16)18/h4-6,9-10,13,17H,2-3,7-8,11-12H2,1H3/t13-,16+/m1/s1. The summed E-state index contributed by atoms with van der Waals surface area (Å²) in [6.45, 7) is 1.76. The van der Waals surface area contributed by atoms with Crippen molar-refractivity contribution in [1.82, 2.24) is 0 Å². The lowest BCUT2D eigenvalue weighted by Gasteiger charge is -2.37. The highest BCUT2D eigenvalue weighted by molar-refractivity contribution is 5.91. The SMILES string of the molecule is C[C@@H](O)[C@]1(c2ccccc2)CCCCCCC1=O. The molecule has 0 amide bonds. The molecule has 1 aromatic rings. The Morgan fingerprint density at radius 2 is 1.78 bits per heavy atom. The molecule has 1 fully saturated rings. The molecule has 2 nitrogen and oxygen atoms in total. The third-order valence-electron chi connectivity index (χ3n) is 4.22. The molecule has 18 heavy (non-hydrogen) atoms. The fourth-order valence-electron chi connectivity index (χ4n) is 3.13. The third-order valence-corrected chi connectivity index (χ3v) is 4.22. The predicted molar refractivity (Wildman–Crippen MR) is 72.5 cm³/mol. The molecule has 1 N–H and O–H groups in total. The second-order valence-corrected chi connectivity index (χ2v) is 5.35. The first kappa shape index (κ1) is 13.3. The summed E-state index contributed by atoms with van der Waals surface area (Å²) in [4.78, 5) is 12.6. The van der Waals surface area contributed by atoms with Crippen LogP contribution in [0.15, 0.2) is 30.3 Å². The second-order valence-electron chi connectivity index (χ2n) is 5.35. The van der Waals surface area contributed by atoms with Crippen LogP contribution in [0.3, 0.4) is 0 Å². The van der Waals surface area contributed by atoms with Gasteiger partial charge in [0.25, 0.3) is 0 Å². The van der Waals surface area contributed by atoms with Gasteiger partial charge in [0.1, 0.15) is 5.78 Å². The molecule has 0 aliphatic heterocycles. The number of carbonyl (C=O) groups is 1. The quantitative estimate of drug-likeness (QED) is 0.870. The molecule has 0 saturated heterocycles. The Morgan fingerprint density at radius 3 is 2.44 bits per heavy atom. The van der Waals surface area contributed by atoms with Crippen LogP contribution in [0, 0.1) is 0 Å². The smallest absolute Gasteiger partial charge is 0.145 e. The number of aliphatic hydroxyl groups excluding tert-OH is 1. The van der Waals surface area contributed by atoms with Crippen LogP contribution in [0.5, 0.6) is 0 Å². The van der Waals surface area contributed by atoms with Crippen LogP contribution >= 0.6 is 0 Å². The van der Waals surface area contributed by atoms with Crippen LogP contribution in [0.25, 0.3) is 0 Å². The number of benzene rings is 1. The Labute approximate surface area is 109 Å². The van der Waals surface area contributed by atoms with Crippen LogP contribution in [0.4, 0.5) is 0 Å². The van der Waals surface area contributed by atoms with Crippen molar-refractivity contribution in [3.63, 3.8) is 0 Å². The van der Waals surface area contributed by atoms with E-state index in [1.165, 1.54) is 0 Å². The van der Waals surface area contributed by atoms with Gasteiger partial charge in [-0.1, -0.05) is 49.6 Å². The van der Waals surface area contributed by atoms with E-state index in [1.807, 2.05) is 30.3 Å². The molecule has 98 valence electrons. The van der Waals surface area contributed by atoms with Crippen molar-refractivity contribution in [3.8, 4) is 0 Å². The zero-order chi connectivity index (χ0) is 13.0. The van der Waals surface area contributed by atoms with Crippen LogP contribution in [0.2, 0.25) is 0 Å². The summed E-state index contributed by atoms with van der Waals surface area (Å²) in [6, 6.07) is 9.81. The molecule has 0 spiro atoms. The Hall–Kier alpha value is -1.15. The molecule has 0 aromatic heterocycles. The molecule has 1 aliphatic carbocycles. The van der Waals surface area contributed by atoms with Crippen molar-refractivity contribution >= 4 is 5.78 Å². The topological polar surface area (TPSA) is 37.3 Å². The zero-order valence-corrected chi connectivity index (χ0v) is 11.1. The van der Waals surface area contributed by atoms with E-state index in [1.54, 1.807) is 6.92 Å². The van der Waals surface area contributed by atoms with Gasteiger partial charge in [-0.3, -0.25) is 4.79 Å². The highest BCUT2D eigenvalue weighted by Crippen LogP contribution is 2.38. The van der Waals surface area contributed by atoms with Crippen LogP contribution in [0.1, 0.15) is 51.0 Å². The first-order valence-corrected chi connectivity index (χ1v) is 6.95. The average molecular weight is 246 g/mol. The van der Waals surface area contributed by atoms with E-state index in [9.17, 15) is 9.90 Å². The van der Waals surface area contributed by atoms with Gasteiger partial charge in [0.05, 0.1) is 11.5 Å². The first-order chi connectivity index (χ1) is 8.68. The fraction of sp³-hybridized carbons (Fsp3) is 0.562. The van der Waals surface area contributed by atoms with Gasteiger partial charge in [-0.25, -0.2) is 0 Å². The molecule has 2 heteroatoms. The van der Waals surface area contributed by atoms with Gasteiger partial charge < -0.3 is 5.11 Å². The van der Waals surface area contributed by atoms with Crippen LogP contribution in [-0.4, -0.2) is 17.0 Å².